The molecule has 1 rings (SSSR count). The van der Waals surface area contributed by atoms with E-state index in [1.165, 1.54) is 4.90 Å². The summed E-state index contributed by atoms with van der Waals surface area (Å²) < 4.78 is 0. The molecule has 6 nitrogen and oxygen atoms in total. The number of hydrogen-bond donors (Lipinski definition) is 0. The van der Waals surface area contributed by atoms with E-state index in [0.29, 0.717) is 17.9 Å². The third kappa shape index (κ3) is 3.17. The van der Waals surface area contributed by atoms with Crippen LogP contribution in [0.15, 0.2) is 12.1 Å². The molecular weight excluding hydrogens is 230 g/mol. The van der Waals surface area contributed by atoms with E-state index >= 15 is 0 Å². The van der Waals surface area contributed by atoms with Crippen molar-refractivity contribution in [3.63, 3.8) is 0 Å². The highest BCUT2D eigenvalue weighted by molar-refractivity contribution is 5.91. The second kappa shape index (κ2) is 5.96. The third-order valence-corrected chi connectivity index (χ3v) is 2.68. The summed E-state index contributed by atoms with van der Waals surface area (Å²) in [5.74, 6) is 0.467. The molecule has 0 spiro atoms. The first-order valence-corrected chi connectivity index (χ1v) is 5.62. The van der Waals surface area contributed by atoms with Crippen LogP contribution in [0.1, 0.15) is 23.8 Å². The maximum atomic E-state index is 11.6. The molecule has 0 radical (unpaired) electrons. The number of carbonyl (C=O) groups is 1. The molecule has 0 aliphatic carbocycles. The first-order valence-electron chi connectivity index (χ1n) is 5.62. The largest absolute Gasteiger partial charge is 0.354 e. The Kier molecular flexibility index (Phi) is 4.60. The van der Waals surface area contributed by atoms with E-state index in [9.17, 15) is 4.79 Å². The van der Waals surface area contributed by atoms with Crippen LogP contribution < -0.4 is 4.90 Å². The number of amides is 1. The van der Waals surface area contributed by atoms with Gasteiger partial charge < -0.3 is 9.80 Å². The second-order valence-corrected chi connectivity index (χ2v) is 4.30. The lowest BCUT2D eigenvalue weighted by Crippen LogP contribution is -2.30. The van der Waals surface area contributed by atoms with Crippen molar-refractivity contribution in [3.05, 3.63) is 17.8 Å². The van der Waals surface area contributed by atoms with Crippen LogP contribution >= 0.6 is 0 Å². The van der Waals surface area contributed by atoms with Crippen LogP contribution in [0.5, 0.6) is 0 Å². The van der Waals surface area contributed by atoms with Gasteiger partial charge in [-0.2, -0.15) is 5.26 Å². The first kappa shape index (κ1) is 13.9. The quantitative estimate of drug-likeness (QED) is 0.791. The minimum Gasteiger partial charge on any atom is -0.354 e. The van der Waals surface area contributed by atoms with Crippen molar-refractivity contribution in [3.8, 4) is 6.07 Å². The summed E-state index contributed by atoms with van der Waals surface area (Å²) in [5, 5.41) is 16.5. The van der Waals surface area contributed by atoms with Gasteiger partial charge in [-0.1, -0.05) is 0 Å². The smallest absolute Gasteiger partial charge is 0.273 e. The van der Waals surface area contributed by atoms with Crippen LogP contribution in [0.2, 0.25) is 0 Å². The summed E-state index contributed by atoms with van der Waals surface area (Å²) in [5.41, 5.74) is 0.310. The van der Waals surface area contributed by atoms with Crippen molar-refractivity contribution in [2.75, 3.05) is 26.0 Å². The van der Waals surface area contributed by atoms with Crippen LogP contribution in [0.3, 0.4) is 0 Å². The summed E-state index contributed by atoms with van der Waals surface area (Å²) in [6, 6.07) is 5.54. The molecule has 0 aromatic carbocycles. The predicted octanol–water partition coefficient (Wildman–Crippen LogP) is 0.917. The van der Waals surface area contributed by atoms with Gasteiger partial charge in [0, 0.05) is 27.2 Å². The normalized spacial score (nSPS) is 11.5. The topological polar surface area (TPSA) is 73.1 Å². The molecule has 0 N–H and O–H groups in total. The lowest BCUT2D eigenvalue weighted by Gasteiger charge is -2.23. The van der Waals surface area contributed by atoms with Crippen LogP contribution in [-0.2, 0) is 0 Å². The van der Waals surface area contributed by atoms with Gasteiger partial charge >= 0.3 is 0 Å². The lowest BCUT2D eigenvalue weighted by molar-refractivity contribution is 0.0821. The first-order chi connectivity index (χ1) is 8.47. The van der Waals surface area contributed by atoms with E-state index in [1.54, 1.807) is 26.2 Å². The van der Waals surface area contributed by atoms with Gasteiger partial charge in [-0.15, -0.1) is 10.2 Å². The number of aromatic nitrogens is 2. The van der Waals surface area contributed by atoms with Gasteiger partial charge in [0.1, 0.15) is 0 Å². The van der Waals surface area contributed by atoms with Gasteiger partial charge in [0.25, 0.3) is 5.91 Å². The summed E-state index contributed by atoms with van der Waals surface area (Å²) >= 11 is 0. The molecule has 1 aromatic heterocycles. The summed E-state index contributed by atoms with van der Waals surface area (Å²) in [6.07, 6.45) is 0.413. The van der Waals surface area contributed by atoms with Crippen LogP contribution in [0.4, 0.5) is 5.82 Å². The predicted molar refractivity (Wildman–Crippen MR) is 68.1 cm³/mol. The third-order valence-electron chi connectivity index (χ3n) is 2.68. The minimum absolute atomic E-state index is 0.0553. The highest BCUT2D eigenvalue weighted by Crippen LogP contribution is 2.12. The molecule has 0 aliphatic rings. The van der Waals surface area contributed by atoms with E-state index in [2.05, 4.69) is 16.3 Å². The van der Waals surface area contributed by atoms with Gasteiger partial charge in [-0.25, -0.2) is 0 Å². The zero-order valence-electron chi connectivity index (χ0n) is 11.1. The van der Waals surface area contributed by atoms with E-state index in [0.717, 1.165) is 0 Å². The second-order valence-electron chi connectivity index (χ2n) is 4.30. The highest BCUT2D eigenvalue weighted by Gasteiger charge is 2.14. The van der Waals surface area contributed by atoms with Crippen molar-refractivity contribution < 1.29 is 4.79 Å². The Morgan fingerprint density at radius 3 is 2.50 bits per heavy atom. The fraction of sp³-hybridized carbons (Fsp3) is 0.500. The van der Waals surface area contributed by atoms with Crippen molar-refractivity contribution in [1.82, 2.24) is 15.1 Å². The fourth-order valence-electron chi connectivity index (χ4n) is 1.35. The van der Waals surface area contributed by atoms with Crippen LogP contribution in [0, 0.1) is 11.3 Å². The molecule has 6 heteroatoms. The van der Waals surface area contributed by atoms with E-state index in [-0.39, 0.29) is 11.9 Å². The molecule has 18 heavy (non-hydrogen) atoms. The molecule has 0 bridgehead atoms. The maximum absolute atomic E-state index is 11.6. The zero-order chi connectivity index (χ0) is 13.7. The Bertz CT molecular complexity index is 449. The number of nitriles is 1. The van der Waals surface area contributed by atoms with Crippen molar-refractivity contribution in [1.29, 1.82) is 5.26 Å². The molecule has 0 aliphatic heterocycles. The molecule has 0 fully saturated rings. The Labute approximate surface area is 107 Å². The van der Waals surface area contributed by atoms with E-state index in [4.69, 9.17) is 5.26 Å². The Balaban J connectivity index is 2.83. The SMILES string of the molecule is CC(CC#N)N(C)c1ccc(C(=O)N(C)C)nn1. The van der Waals surface area contributed by atoms with Gasteiger partial charge in [0.2, 0.25) is 0 Å². The zero-order valence-corrected chi connectivity index (χ0v) is 11.1. The molecule has 96 valence electrons. The fourth-order valence-corrected chi connectivity index (χ4v) is 1.35. The standard InChI is InChI=1S/C12H17N5O/c1-9(7-8-13)17(4)11-6-5-10(14-15-11)12(18)16(2)3/h5-6,9H,7H2,1-4H3. The number of carbonyl (C=O) groups excluding carboxylic acids is 1. The van der Waals surface area contributed by atoms with Gasteiger partial charge in [0.15, 0.2) is 11.5 Å². The Morgan fingerprint density at radius 1 is 1.39 bits per heavy atom. The average molecular weight is 247 g/mol. The lowest BCUT2D eigenvalue weighted by atomic mass is 10.2. The van der Waals surface area contributed by atoms with Crippen LogP contribution in [0.25, 0.3) is 0 Å². The van der Waals surface area contributed by atoms with E-state index in [1.807, 2.05) is 18.9 Å². The monoisotopic (exact) mass is 247 g/mol. The maximum Gasteiger partial charge on any atom is 0.273 e. The van der Waals surface area contributed by atoms with Gasteiger partial charge in [-0.05, 0) is 19.1 Å². The molecule has 1 aromatic rings. The molecule has 1 amide bonds. The number of anilines is 1. The van der Waals surface area contributed by atoms with Crippen molar-refractivity contribution >= 4 is 11.7 Å². The molecule has 1 atom stereocenters. The molecule has 1 unspecified atom stereocenters. The highest BCUT2D eigenvalue weighted by atomic mass is 16.2. The number of nitrogens with zero attached hydrogens (tertiary/aromatic N) is 5. The van der Waals surface area contributed by atoms with Crippen molar-refractivity contribution in [2.24, 2.45) is 0 Å². The van der Waals surface area contributed by atoms with Gasteiger partial charge in [0.05, 0.1) is 12.5 Å². The summed E-state index contributed by atoms with van der Waals surface area (Å²) in [6.45, 7) is 1.93. The Morgan fingerprint density at radius 2 is 2.06 bits per heavy atom. The van der Waals surface area contributed by atoms with Crippen molar-refractivity contribution in [2.45, 2.75) is 19.4 Å². The van der Waals surface area contributed by atoms with E-state index < -0.39 is 0 Å². The minimum atomic E-state index is -0.179. The Hall–Kier alpha value is -2.16. The number of hydrogen-bond acceptors (Lipinski definition) is 5. The summed E-state index contributed by atoms with van der Waals surface area (Å²) in [4.78, 5) is 14.9. The molecule has 0 saturated carbocycles. The average Bonchev–Trinajstić information content (AvgIpc) is 2.37. The molecular formula is C12H17N5O. The van der Waals surface area contributed by atoms with Gasteiger partial charge in [-0.3, -0.25) is 4.79 Å². The molecule has 1 heterocycles. The summed E-state index contributed by atoms with van der Waals surface area (Å²) in [7, 11) is 5.18. The number of rotatable bonds is 4. The van der Waals surface area contributed by atoms with Crippen LogP contribution in [-0.4, -0.2) is 48.2 Å². The molecule has 0 saturated heterocycles.